The molecule has 4 saturated heterocycles. The lowest BCUT2D eigenvalue weighted by molar-refractivity contribution is -0.136. The van der Waals surface area contributed by atoms with E-state index in [1.54, 1.807) is 6.07 Å². The Morgan fingerprint density at radius 1 is 1.00 bits per heavy atom. The molecule has 0 radical (unpaired) electrons. The smallest absolute Gasteiger partial charge is 0.255 e. The standard InChI is InChI=1S/C23H29FN4O3/c1-23(2,3)28-12-14-4-5-15(28)11-26(14)19-8-13-10-27(22(31)16(13)9-17(19)24)18-6-7-20(29)25-21(18)30/h8-9,14-15,18H,4-7,10-12H2,1-3H3,(H,25,29,30). The second kappa shape index (κ2) is 7.02. The fraction of sp³-hybridized carbons (Fsp3) is 0.609. The highest BCUT2D eigenvalue weighted by atomic mass is 19.1. The van der Waals surface area contributed by atoms with Crippen molar-refractivity contribution in [1.29, 1.82) is 0 Å². The van der Waals surface area contributed by atoms with E-state index in [2.05, 4.69) is 35.9 Å². The predicted molar refractivity (Wildman–Crippen MR) is 113 cm³/mol. The number of carbonyl (C=O) groups excluding carboxylic acids is 3. The maximum Gasteiger partial charge on any atom is 0.255 e. The van der Waals surface area contributed by atoms with Crippen molar-refractivity contribution in [2.45, 2.75) is 76.7 Å². The minimum absolute atomic E-state index is 0.0841. The zero-order valence-electron chi connectivity index (χ0n) is 18.3. The van der Waals surface area contributed by atoms with Crippen molar-refractivity contribution in [3.63, 3.8) is 0 Å². The van der Waals surface area contributed by atoms with E-state index < -0.39 is 11.9 Å². The number of piperazine rings is 1. The molecule has 7 nitrogen and oxygen atoms in total. The van der Waals surface area contributed by atoms with Gasteiger partial charge in [0.2, 0.25) is 11.8 Å². The molecule has 1 aromatic rings. The lowest BCUT2D eigenvalue weighted by Gasteiger charge is -2.56. The summed E-state index contributed by atoms with van der Waals surface area (Å²) in [7, 11) is 0. The summed E-state index contributed by atoms with van der Waals surface area (Å²) in [6, 6.07) is 3.09. The molecule has 0 spiro atoms. The van der Waals surface area contributed by atoms with Crippen LogP contribution in [-0.4, -0.2) is 64.3 Å². The Hall–Kier alpha value is -2.48. The number of imide groups is 1. The average Bonchev–Trinajstić information content (AvgIpc) is 3.02. The number of hydrogen-bond acceptors (Lipinski definition) is 5. The summed E-state index contributed by atoms with van der Waals surface area (Å²) < 4.78 is 15.2. The van der Waals surface area contributed by atoms with Crippen molar-refractivity contribution < 1.29 is 18.8 Å². The van der Waals surface area contributed by atoms with Crippen LogP contribution in [0.4, 0.5) is 10.1 Å². The summed E-state index contributed by atoms with van der Waals surface area (Å²) in [4.78, 5) is 42.8. The van der Waals surface area contributed by atoms with E-state index in [1.807, 2.05) is 0 Å². The fourth-order valence-corrected chi connectivity index (χ4v) is 5.74. The van der Waals surface area contributed by atoms with Gasteiger partial charge in [0.15, 0.2) is 0 Å². The number of fused-ring (bicyclic) bond motifs is 4. The Bertz CT molecular complexity index is 972. The quantitative estimate of drug-likeness (QED) is 0.730. The number of carbonyl (C=O) groups is 3. The molecule has 8 heteroatoms. The van der Waals surface area contributed by atoms with E-state index in [9.17, 15) is 14.4 Å². The molecule has 3 atom stereocenters. The number of nitrogens with zero attached hydrogens (tertiary/aromatic N) is 3. The number of rotatable bonds is 2. The van der Waals surface area contributed by atoms with Gasteiger partial charge in [-0.2, -0.15) is 0 Å². The van der Waals surface area contributed by atoms with Crippen LogP contribution in [0.1, 0.15) is 62.4 Å². The van der Waals surface area contributed by atoms with Crippen molar-refractivity contribution >= 4 is 23.4 Å². The summed E-state index contributed by atoms with van der Waals surface area (Å²) >= 11 is 0. The summed E-state index contributed by atoms with van der Waals surface area (Å²) in [5.74, 6) is -1.49. The minimum atomic E-state index is -0.685. The second-order valence-electron chi connectivity index (χ2n) is 10.2. The van der Waals surface area contributed by atoms with Gasteiger partial charge in [-0.25, -0.2) is 4.39 Å². The molecule has 5 heterocycles. The maximum atomic E-state index is 15.2. The highest BCUT2D eigenvalue weighted by Crippen LogP contribution is 2.39. The molecule has 3 unspecified atom stereocenters. The molecule has 1 aromatic carbocycles. The number of halogens is 1. The van der Waals surface area contributed by atoms with Crippen LogP contribution in [0.25, 0.3) is 0 Å². The third-order valence-electron chi connectivity index (χ3n) is 7.29. The van der Waals surface area contributed by atoms with Crippen LogP contribution in [0.2, 0.25) is 0 Å². The van der Waals surface area contributed by atoms with E-state index in [0.29, 0.717) is 23.7 Å². The van der Waals surface area contributed by atoms with Crippen molar-refractivity contribution in [3.05, 3.63) is 29.1 Å². The Kier molecular flexibility index (Phi) is 4.62. The molecular weight excluding hydrogens is 399 g/mol. The first-order valence-corrected chi connectivity index (χ1v) is 11.1. The highest BCUT2D eigenvalue weighted by molar-refractivity contribution is 6.05. The number of hydrogen-bond donors (Lipinski definition) is 1. The summed E-state index contributed by atoms with van der Waals surface area (Å²) in [5.41, 5.74) is 1.71. The Labute approximate surface area is 181 Å². The molecule has 0 aromatic heterocycles. The van der Waals surface area contributed by atoms with Crippen LogP contribution in [-0.2, 0) is 16.1 Å². The first-order valence-electron chi connectivity index (χ1n) is 11.1. The number of amides is 3. The zero-order chi connectivity index (χ0) is 22.1. The van der Waals surface area contributed by atoms with E-state index >= 15 is 4.39 Å². The van der Waals surface area contributed by atoms with Gasteiger partial charge < -0.3 is 9.80 Å². The van der Waals surface area contributed by atoms with Crippen LogP contribution in [0.15, 0.2) is 12.1 Å². The molecule has 2 bridgehead atoms. The largest absolute Gasteiger partial charge is 0.363 e. The van der Waals surface area contributed by atoms with E-state index in [0.717, 1.165) is 31.5 Å². The summed E-state index contributed by atoms with van der Waals surface area (Å²) in [6.07, 6.45) is 2.66. The van der Waals surface area contributed by atoms with Crippen molar-refractivity contribution in [3.8, 4) is 0 Å². The molecular formula is C23H29FN4O3. The van der Waals surface area contributed by atoms with E-state index in [1.165, 1.54) is 11.0 Å². The fourth-order valence-electron chi connectivity index (χ4n) is 5.74. The van der Waals surface area contributed by atoms with Crippen LogP contribution in [0.5, 0.6) is 0 Å². The van der Waals surface area contributed by atoms with Crippen molar-refractivity contribution in [2.75, 3.05) is 18.0 Å². The molecule has 3 amide bonds. The Morgan fingerprint density at radius 3 is 2.39 bits per heavy atom. The van der Waals surface area contributed by atoms with Crippen LogP contribution >= 0.6 is 0 Å². The molecule has 166 valence electrons. The van der Waals surface area contributed by atoms with Crippen molar-refractivity contribution in [1.82, 2.24) is 15.1 Å². The lowest BCUT2D eigenvalue weighted by Crippen LogP contribution is -2.67. The molecule has 6 rings (SSSR count). The highest BCUT2D eigenvalue weighted by Gasteiger charge is 2.45. The number of benzene rings is 1. The molecule has 0 saturated carbocycles. The van der Waals surface area contributed by atoms with Gasteiger partial charge in [-0.3, -0.25) is 24.6 Å². The first-order chi connectivity index (χ1) is 14.6. The SMILES string of the molecule is CC(C)(C)N1CC2CCC1CN2c1cc2c(cc1F)C(=O)N(C1CCC(=O)NC1=O)C2. The maximum absolute atomic E-state index is 15.2. The van der Waals surface area contributed by atoms with Crippen LogP contribution < -0.4 is 10.2 Å². The second-order valence-corrected chi connectivity index (χ2v) is 10.2. The molecule has 0 aliphatic carbocycles. The lowest BCUT2D eigenvalue weighted by atomic mass is 9.86. The molecule has 5 aliphatic heterocycles. The van der Waals surface area contributed by atoms with Gasteiger partial charge in [0.1, 0.15) is 11.9 Å². The van der Waals surface area contributed by atoms with Gasteiger partial charge in [-0.05, 0) is 57.7 Å². The Balaban J connectivity index is 1.40. The van der Waals surface area contributed by atoms with E-state index in [-0.39, 0.29) is 42.2 Å². The molecule has 5 aliphatic rings. The van der Waals surface area contributed by atoms with Gasteiger partial charge in [0, 0.05) is 49.2 Å². The summed E-state index contributed by atoms with van der Waals surface area (Å²) in [5, 5.41) is 2.30. The Morgan fingerprint density at radius 2 is 1.74 bits per heavy atom. The van der Waals surface area contributed by atoms with Gasteiger partial charge in [0.25, 0.3) is 5.91 Å². The zero-order valence-corrected chi connectivity index (χ0v) is 18.3. The van der Waals surface area contributed by atoms with Gasteiger partial charge in [0.05, 0.1) is 5.69 Å². The average molecular weight is 429 g/mol. The van der Waals surface area contributed by atoms with Crippen LogP contribution in [0, 0.1) is 5.82 Å². The molecule has 1 N–H and O–H groups in total. The van der Waals surface area contributed by atoms with Crippen LogP contribution in [0.3, 0.4) is 0 Å². The summed E-state index contributed by atoms with van der Waals surface area (Å²) in [6.45, 7) is 8.63. The number of piperidine rings is 3. The van der Waals surface area contributed by atoms with E-state index in [4.69, 9.17) is 0 Å². The van der Waals surface area contributed by atoms with Gasteiger partial charge >= 0.3 is 0 Å². The number of nitrogens with one attached hydrogen (secondary N) is 1. The third kappa shape index (κ3) is 3.32. The third-order valence-corrected chi connectivity index (χ3v) is 7.29. The van der Waals surface area contributed by atoms with Crippen molar-refractivity contribution in [2.24, 2.45) is 0 Å². The monoisotopic (exact) mass is 428 g/mol. The molecule has 4 fully saturated rings. The normalized spacial score (nSPS) is 28.9. The predicted octanol–water partition coefficient (Wildman–Crippen LogP) is 2.04. The van der Waals surface area contributed by atoms with Gasteiger partial charge in [-0.15, -0.1) is 0 Å². The minimum Gasteiger partial charge on any atom is -0.363 e. The number of anilines is 1. The van der Waals surface area contributed by atoms with Gasteiger partial charge in [-0.1, -0.05) is 0 Å². The molecule has 31 heavy (non-hydrogen) atoms. The first kappa shape index (κ1) is 20.4. The topological polar surface area (TPSA) is 73.0 Å².